The highest BCUT2D eigenvalue weighted by Crippen LogP contribution is 2.51. The molecule has 0 saturated heterocycles. The third kappa shape index (κ3) is 3.92. The van der Waals surface area contributed by atoms with Gasteiger partial charge in [-0.2, -0.15) is 0 Å². The maximum Gasteiger partial charge on any atom is 0.362 e. The van der Waals surface area contributed by atoms with Gasteiger partial charge in [0.25, 0.3) is 0 Å². The largest absolute Gasteiger partial charge is 0.377 e. The van der Waals surface area contributed by atoms with Crippen molar-refractivity contribution >= 4 is 40.2 Å². The van der Waals surface area contributed by atoms with E-state index in [4.69, 9.17) is 11.6 Å². The number of aliphatic hydroxyl groups excluding tert-OH is 1. The van der Waals surface area contributed by atoms with Gasteiger partial charge in [0.2, 0.25) is 0 Å². The molecule has 0 saturated carbocycles. The Morgan fingerprint density at radius 3 is 2.33 bits per heavy atom. The number of hydrogen-bond acceptors (Lipinski definition) is 4. The highest BCUT2D eigenvalue weighted by atomic mass is 79.9. The lowest BCUT2D eigenvalue weighted by molar-refractivity contribution is 0.201. The average Bonchev–Trinajstić information content (AvgIpc) is 2.38. The van der Waals surface area contributed by atoms with E-state index < -0.39 is 13.4 Å². The Bertz CT molecular complexity index is 466. The van der Waals surface area contributed by atoms with E-state index >= 15 is 0 Å². The molecule has 0 fully saturated rings. The third-order valence-corrected chi connectivity index (χ3v) is 4.94. The summed E-state index contributed by atoms with van der Waals surface area (Å²) in [6, 6.07) is 7.15. The van der Waals surface area contributed by atoms with Crippen LogP contribution in [0.1, 0.15) is 5.56 Å². The van der Waals surface area contributed by atoms with E-state index in [0.29, 0.717) is 5.56 Å². The number of rotatable bonds is 5. The molecule has 0 radical (unpaired) electrons. The predicted octanol–water partition coefficient (Wildman–Crippen LogP) is 3.83. The van der Waals surface area contributed by atoms with Crippen LogP contribution in [-0.2, 0) is 13.6 Å². The molecule has 7 heteroatoms. The smallest absolute Gasteiger partial charge is 0.362 e. The van der Waals surface area contributed by atoms with Crippen molar-refractivity contribution in [3.05, 3.63) is 40.4 Å². The molecule has 1 N–H and O–H groups in total. The van der Waals surface area contributed by atoms with Gasteiger partial charge in [0.15, 0.2) is 5.85 Å². The van der Waals surface area contributed by atoms with Gasteiger partial charge in [-0.25, -0.2) is 0 Å². The number of halogens is 2. The van der Waals surface area contributed by atoms with Gasteiger partial charge in [0.05, 0.1) is 0 Å². The van der Waals surface area contributed by atoms with E-state index in [0.717, 1.165) is 4.47 Å². The molecular weight excluding hydrogens is 342 g/mol. The van der Waals surface area contributed by atoms with Crippen LogP contribution in [0.3, 0.4) is 0 Å². The fourth-order valence-corrected chi connectivity index (χ4v) is 2.73. The molecule has 18 heavy (non-hydrogen) atoms. The summed E-state index contributed by atoms with van der Waals surface area (Å²) in [5.41, 5.74) is 0.692. The molecule has 0 aromatic heterocycles. The Balaban J connectivity index is 2.96. The van der Waals surface area contributed by atoms with Gasteiger partial charge in [-0.3, -0.25) is 4.57 Å². The summed E-state index contributed by atoms with van der Waals surface area (Å²) in [7, 11) is -1.16. The minimum Gasteiger partial charge on any atom is -0.377 e. The Labute approximate surface area is 119 Å². The lowest BCUT2D eigenvalue weighted by Crippen LogP contribution is -2.07. The van der Waals surface area contributed by atoms with Crippen molar-refractivity contribution in [1.82, 2.24) is 0 Å². The van der Waals surface area contributed by atoms with Crippen molar-refractivity contribution in [2.24, 2.45) is 0 Å². The fraction of sp³-hybridized carbons (Fsp3) is 0.273. The van der Waals surface area contributed by atoms with Crippen molar-refractivity contribution in [2.45, 2.75) is 5.85 Å². The normalized spacial score (nSPS) is 14.6. The number of hydrogen-bond donors (Lipinski definition) is 1. The molecule has 1 rings (SSSR count). The van der Waals surface area contributed by atoms with Gasteiger partial charge in [-0.1, -0.05) is 39.7 Å². The van der Waals surface area contributed by atoms with E-state index in [1.54, 1.807) is 12.1 Å². The van der Waals surface area contributed by atoms with Crippen LogP contribution in [0.4, 0.5) is 0 Å². The van der Waals surface area contributed by atoms with Crippen LogP contribution in [0, 0.1) is 0 Å². The lowest BCUT2D eigenvalue weighted by Gasteiger charge is -2.17. The molecule has 0 heterocycles. The average molecular weight is 356 g/mol. The molecule has 0 amide bonds. The van der Waals surface area contributed by atoms with Crippen LogP contribution in [0.5, 0.6) is 0 Å². The number of aliphatic hydroxyl groups is 1. The Morgan fingerprint density at radius 2 is 1.89 bits per heavy atom. The predicted molar refractivity (Wildman–Crippen MR) is 75.6 cm³/mol. The first-order valence-electron chi connectivity index (χ1n) is 4.95. The molecule has 100 valence electrons. The highest BCUT2D eigenvalue weighted by Gasteiger charge is 2.30. The van der Waals surface area contributed by atoms with Crippen LogP contribution in [0.2, 0.25) is 0 Å². The SMILES string of the molecule is COP(=O)(OC)C(O)C=C(Cl)c1ccc(Br)cc1. The second kappa shape index (κ2) is 6.85. The zero-order valence-electron chi connectivity index (χ0n) is 9.84. The molecule has 0 aliphatic heterocycles. The van der Waals surface area contributed by atoms with E-state index in [2.05, 4.69) is 25.0 Å². The second-order valence-corrected chi connectivity index (χ2v) is 7.00. The van der Waals surface area contributed by atoms with Crippen LogP contribution >= 0.6 is 35.1 Å². The monoisotopic (exact) mass is 354 g/mol. The Kier molecular flexibility index (Phi) is 6.05. The van der Waals surface area contributed by atoms with E-state index in [1.807, 2.05) is 12.1 Å². The fourth-order valence-electron chi connectivity index (χ4n) is 1.22. The molecule has 1 aromatic rings. The molecule has 1 aromatic carbocycles. The molecule has 0 aliphatic rings. The van der Waals surface area contributed by atoms with Crippen LogP contribution < -0.4 is 0 Å². The molecule has 1 atom stereocenters. The summed E-state index contributed by atoms with van der Waals surface area (Å²) in [5, 5.41) is 10.0. The molecular formula is C11H13BrClO4P. The maximum atomic E-state index is 11.9. The van der Waals surface area contributed by atoms with Crippen LogP contribution in [-0.4, -0.2) is 25.2 Å². The van der Waals surface area contributed by atoms with Crippen LogP contribution in [0.25, 0.3) is 5.03 Å². The van der Waals surface area contributed by atoms with Crippen molar-refractivity contribution in [1.29, 1.82) is 0 Å². The summed E-state index contributed by atoms with van der Waals surface area (Å²) in [4.78, 5) is 0. The first-order valence-corrected chi connectivity index (χ1v) is 7.73. The Morgan fingerprint density at radius 1 is 1.39 bits per heavy atom. The van der Waals surface area contributed by atoms with Gasteiger partial charge in [-0.15, -0.1) is 0 Å². The second-order valence-electron chi connectivity index (χ2n) is 3.34. The molecule has 0 spiro atoms. The van der Waals surface area contributed by atoms with Crippen molar-refractivity contribution in [3.8, 4) is 0 Å². The zero-order valence-corrected chi connectivity index (χ0v) is 13.1. The van der Waals surface area contributed by atoms with E-state index in [9.17, 15) is 9.67 Å². The first-order chi connectivity index (χ1) is 8.42. The molecule has 4 nitrogen and oxygen atoms in total. The molecule has 1 unspecified atom stereocenters. The Hall–Kier alpha value is -0.160. The first kappa shape index (κ1) is 15.9. The van der Waals surface area contributed by atoms with Gasteiger partial charge in [0.1, 0.15) is 0 Å². The zero-order chi connectivity index (χ0) is 13.8. The molecule has 0 aliphatic carbocycles. The van der Waals surface area contributed by atoms with Crippen molar-refractivity contribution in [2.75, 3.05) is 14.2 Å². The lowest BCUT2D eigenvalue weighted by atomic mass is 10.2. The van der Waals surface area contributed by atoms with Gasteiger partial charge in [-0.05, 0) is 23.8 Å². The highest BCUT2D eigenvalue weighted by molar-refractivity contribution is 9.10. The van der Waals surface area contributed by atoms with Gasteiger partial charge >= 0.3 is 7.60 Å². The van der Waals surface area contributed by atoms with E-state index in [1.165, 1.54) is 20.3 Å². The maximum absolute atomic E-state index is 11.9. The van der Waals surface area contributed by atoms with Crippen molar-refractivity contribution in [3.63, 3.8) is 0 Å². The van der Waals surface area contributed by atoms with Crippen molar-refractivity contribution < 1.29 is 18.7 Å². The quantitative estimate of drug-likeness (QED) is 0.816. The molecule has 0 bridgehead atoms. The summed E-state index contributed by atoms with van der Waals surface area (Å²) >= 11 is 9.33. The summed E-state index contributed by atoms with van der Waals surface area (Å²) in [5.74, 6) is -1.41. The number of benzene rings is 1. The van der Waals surface area contributed by atoms with Gasteiger partial charge in [0, 0.05) is 23.7 Å². The van der Waals surface area contributed by atoms with E-state index in [-0.39, 0.29) is 5.03 Å². The summed E-state index contributed by atoms with van der Waals surface area (Å²) in [6.07, 6.45) is 1.23. The van der Waals surface area contributed by atoms with Gasteiger partial charge < -0.3 is 14.2 Å². The summed E-state index contributed by atoms with van der Waals surface area (Å²) in [6.45, 7) is 0. The summed E-state index contributed by atoms with van der Waals surface area (Å²) < 4.78 is 22.1. The topological polar surface area (TPSA) is 55.8 Å². The minimum atomic E-state index is -3.57. The third-order valence-electron chi connectivity index (χ3n) is 2.25. The van der Waals surface area contributed by atoms with Crippen LogP contribution in [0.15, 0.2) is 34.8 Å². The standard InChI is InChI=1S/C11H13BrClO4P/c1-16-18(15,17-2)11(14)7-10(13)8-3-5-9(12)6-4-8/h3-7,11,14H,1-2H3. The minimum absolute atomic E-state index is 0.268.